The van der Waals surface area contributed by atoms with E-state index >= 15 is 0 Å². The summed E-state index contributed by atoms with van der Waals surface area (Å²) in [7, 11) is 0. The van der Waals surface area contributed by atoms with Gasteiger partial charge < -0.3 is 75.1 Å². The summed E-state index contributed by atoms with van der Waals surface area (Å²) in [6.45, 7) is 15.2. The minimum absolute atomic E-state index is 0.0258. The van der Waals surface area contributed by atoms with Crippen LogP contribution in [-0.2, 0) is 18.9 Å². The van der Waals surface area contributed by atoms with E-state index in [1.54, 1.807) is 0 Å². The molecule has 4 aliphatic carbocycles. The number of fused-ring (bicyclic) bond motifs is 5. The van der Waals surface area contributed by atoms with Crippen LogP contribution < -0.4 is 0 Å². The Morgan fingerprint density at radius 3 is 1.96 bits per heavy atom. The molecule has 0 aromatic carbocycles. The van der Waals surface area contributed by atoms with Crippen LogP contribution in [0.3, 0.4) is 0 Å². The van der Waals surface area contributed by atoms with E-state index in [1.165, 1.54) is 19.4 Å². The van der Waals surface area contributed by atoms with Crippen LogP contribution in [0, 0.1) is 45.3 Å². The van der Waals surface area contributed by atoms with Gasteiger partial charge in [0.05, 0.1) is 31.0 Å². The molecule has 0 aromatic rings. The third-order valence-electron chi connectivity index (χ3n) is 16.7. The van der Waals surface area contributed by atoms with Gasteiger partial charge in [0.15, 0.2) is 12.6 Å². The summed E-state index contributed by atoms with van der Waals surface area (Å²) >= 11 is 0. The number of aliphatic hydroxyl groups excluding tert-OH is 10. The first-order valence-corrected chi connectivity index (χ1v) is 21.1. The van der Waals surface area contributed by atoms with Crippen molar-refractivity contribution in [2.24, 2.45) is 45.3 Å². The van der Waals surface area contributed by atoms with Crippen molar-refractivity contribution in [3.63, 3.8) is 0 Å². The number of rotatable bonds is 11. The van der Waals surface area contributed by atoms with Crippen LogP contribution in [0.5, 0.6) is 0 Å². The molecule has 21 atom stereocenters. The van der Waals surface area contributed by atoms with Gasteiger partial charge in [-0.1, -0.05) is 53.2 Å². The fraction of sp³-hybridized carbons (Fsp3) is 0.952. The number of hydrogen-bond donors (Lipinski definition) is 11. The van der Waals surface area contributed by atoms with Crippen molar-refractivity contribution in [1.29, 1.82) is 0 Å². The van der Waals surface area contributed by atoms with E-state index in [-0.39, 0.29) is 34.0 Å². The first-order valence-electron chi connectivity index (χ1n) is 21.1. The summed E-state index contributed by atoms with van der Waals surface area (Å²) in [4.78, 5) is 0. The Bertz CT molecular complexity index is 1440. The van der Waals surface area contributed by atoms with Crippen LogP contribution in [0.15, 0.2) is 11.6 Å². The molecule has 2 heterocycles. The van der Waals surface area contributed by atoms with E-state index in [1.807, 2.05) is 6.92 Å². The molecular weight excluding hydrogens is 744 g/mol. The quantitative estimate of drug-likeness (QED) is 0.124. The number of aliphatic hydroxyl groups is 11. The smallest absolute Gasteiger partial charge is 0.187 e. The molecule has 0 spiro atoms. The number of allylic oxidation sites excluding steroid dienone is 1. The summed E-state index contributed by atoms with van der Waals surface area (Å²) in [5, 5.41) is 116. The lowest BCUT2D eigenvalue weighted by Crippen LogP contribution is -2.63. The molecule has 2 aliphatic heterocycles. The van der Waals surface area contributed by atoms with Crippen molar-refractivity contribution in [3.8, 4) is 0 Å². The third-order valence-corrected chi connectivity index (χ3v) is 16.7. The molecule has 5 fully saturated rings. The van der Waals surface area contributed by atoms with E-state index in [0.717, 1.165) is 38.5 Å². The lowest BCUT2D eigenvalue weighted by molar-refractivity contribution is -0.340. The Morgan fingerprint density at radius 2 is 1.35 bits per heavy atom. The molecule has 15 heteroatoms. The Hall–Kier alpha value is -0.860. The second-order valence-electron chi connectivity index (χ2n) is 20.4. The topological polar surface area (TPSA) is 259 Å². The van der Waals surface area contributed by atoms with Crippen molar-refractivity contribution in [1.82, 2.24) is 0 Å². The zero-order valence-corrected chi connectivity index (χ0v) is 34.9. The minimum Gasteiger partial charge on any atom is -0.394 e. The average Bonchev–Trinajstić information content (AvgIpc) is 3.43. The van der Waals surface area contributed by atoms with Gasteiger partial charge in [-0.2, -0.15) is 0 Å². The van der Waals surface area contributed by atoms with E-state index < -0.39 is 110 Å². The van der Waals surface area contributed by atoms with Crippen LogP contribution >= 0.6 is 0 Å². The van der Waals surface area contributed by atoms with Crippen LogP contribution in [0.4, 0.5) is 0 Å². The second-order valence-corrected chi connectivity index (χ2v) is 20.4. The molecule has 3 saturated carbocycles. The van der Waals surface area contributed by atoms with Gasteiger partial charge in [-0.25, -0.2) is 0 Å². The van der Waals surface area contributed by atoms with Gasteiger partial charge in [-0.15, -0.1) is 0 Å². The molecule has 2 unspecified atom stereocenters. The molecule has 11 N–H and O–H groups in total. The normalized spacial score (nSPS) is 49.5. The molecule has 6 aliphatic rings. The first-order chi connectivity index (χ1) is 26.4. The van der Waals surface area contributed by atoms with Crippen LogP contribution in [-0.4, -0.2) is 161 Å². The highest BCUT2D eigenvalue weighted by molar-refractivity contribution is 5.30. The first kappa shape index (κ1) is 45.7. The summed E-state index contributed by atoms with van der Waals surface area (Å²) in [5.74, 6) is 0.434. The summed E-state index contributed by atoms with van der Waals surface area (Å²) < 4.78 is 23.6. The number of ether oxygens (including phenoxy) is 4. The van der Waals surface area contributed by atoms with Gasteiger partial charge in [0.1, 0.15) is 61.0 Å². The van der Waals surface area contributed by atoms with Gasteiger partial charge in [-0.3, -0.25) is 0 Å². The SMILES string of the molecule is C[C@H]([C@H](O)[C@@H](O)[C@@H](O)C(C)(C)O)[C@H]1CC[C@@]2(C)C3CC=C4C(CC[C@H](O[C@@H]5O[C@H](CO[C@@H]6O[C@H](CO)[C@@H](O)[C@H](O)[C@H]6O)[C@@H](O)[C@H](O)[C@H]5O)C4(C)C)[C@]3(C)CC[C@]12C. The molecule has 2 saturated heterocycles. The molecule has 330 valence electrons. The highest BCUT2D eigenvalue weighted by Gasteiger charge is 2.68. The van der Waals surface area contributed by atoms with Crippen molar-refractivity contribution < 1.29 is 75.1 Å². The lowest BCUT2D eigenvalue weighted by Gasteiger charge is -2.66. The molecule has 0 aromatic heterocycles. The number of hydrogen-bond acceptors (Lipinski definition) is 15. The van der Waals surface area contributed by atoms with E-state index in [9.17, 15) is 56.2 Å². The van der Waals surface area contributed by atoms with Crippen molar-refractivity contribution in [2.45, 2.75) is 192 Å². The van der Waals surface area contributed by atoms with Crippen molar-refractivity contribution >= 4 is 0 Å². The molecule has 0 amide bonds. The molecule has 0 bridgehead atoms. The zero-order valence-electron chi connectivity index (χ0n) is 34.9. The largest absolute Gasteiger partial charge is 0.394 e. The predicted octanol–water partition coefficient (Wildman–Crippen LogP) is 0.0906. The van der Waals surface area contributed by atoms with Gasteiger partial charge in [0.2, 0.25) is 0 Å². The zero-order chi connectivity index (χ0) is 42.4. The molecule has 15 nitrogen and oxygen atoms in total. The fourth-order valence-corrected chi connectivity index (χ4v) is 12.7. The highest BCUT2D eigenvalue weighted by Crippen LogP contribution is 2.75. The standard InChI is InChI=1S/C42H72O15/c1-19(27(44)32(49)35(52)39(4,5)53)20-13-14-42(8)25-11-9-21-22(40(25,6)15-16-41(20,42)7)10-12-26(38(21,2)3)57-37-34(51)31(48)29(46)24(56-37)18-54-36-33(50)30(47)28(45)23(17-43)55-36/h9,19-20,22-37,43-53H,10-18H2,1-8H3/t19-,20+,22?,23+,24+,25?,26-,27-,28+,29+,30-,31-,32+,33+,34+,35+,36+,37-,40-,41+,42-/m0/s1. The Morgan fingerprint density at radius 1 is 0.754 bits per heavy atom. The summed E-state index contributed by atoms with van der Waals surface area (Å²) in [6, 6.07) is 0. The monoisotopic (exact) mass is 816 g/mol. The minimum atomic E-state index is -1.67. The van der Waals surface area contributed by atoms with Gasteiger partial charge in [0, 0.05) is 5.41 Å². The summed E-state index contributed by atoms with van der Waals surface area (Å²) in [5.41, 5.74) is -0.959. The maximum absolute atomic E-state index is 11.4. The molecule has 6 rings (SSSR count). The van der Waals surface area contributed by atoms with E-state index in [2.05, 4.69) is 40.7 Å². The van der Waals surface area contributed by atoms with Gasteiger partial charge >= 0.3 is 0 Å². The fourth-order valence-electron chi connectivity index (χ4n) is 12.7. The third kappa shape index (κ3) is 7.49. The highest BCUT2D eigenvalue weighted by atomic mass is 16.7. The Kier molecular flexibility index (Phi) is 12.9. The predicted molar refractivity (Wildman–Crippen MR) is 204 cm³/mol. The molecule has 57 heavy (non-hydrogen) atoms. The van der Waals surface area contributed by atoms with Gasteiger partial charge in [-0.05, 0) is 98.7 Å². The Labute approximate surface area is 336 Å². The average molecular weight is 817 g/mol. The lowest BCUT2D eigenvalue weighted by atomic mass is 9.39. The molecule has 0 radical (unpaired) electrons. The van der Waals surface area contributed by atoms with Crippen LogP contribution in [0.25, 0.3) is 0 Å². The maximum atomic E-state index is 11.4. The Balaban J connectivity index is 1.15. The second kappa shape index (κ2) is 16.1. The van der Waals surface area contributed by atoms with Gasteiger partial charge in [0.25, 0.3) is 0 Å². The summed E-state index contributed by atoms with van der Waals surface area (Å²) in [6.07, 6.45) is -11.0. The van der Waals surface area contributed by atoms with Crippen LogP contribution in [0.2, 0.25) is 0 Å². The molecular formula is C42H72O15. The van der Waals surface area contributed by atoms with Crippen LogP contribution in [0.1, 0.15) is 100 Å². The maximum Gasteiger partial charge on any atom is 0.187 e. The van der Waals surface area contributed by atoms with Crippen molar-refractivity contribution in [2.75, 3.05) is 13.2 Å². The van der Waals surface area contributed by atoms with E-state index in [4.69, 9.17) is 18.9 Å². The van der Waals surface area contributed by atoms with Crippen molar-refractivity contribution in [3.05, 3.63) is 11.6 Å². The van der Waals surface area contributed by atoms with E-state index in [0.29, 0.717) is 12.3 Å².